The fourth-order valence-corrected chi connectivity index (χ4v) is 1.66. The standard InChI is InChI=1S/C11H21N5O/c1-4-16(7-9(2)11(12)14-17)8-10-5-6-15(3)13-10/h5-6,9,17H,4,7-8H2,1-3H3,(H2,12,14). The summed E-state index contributed by atoms with van der Waals surface area (Å²) in [4.78, 5) is 2.21. The molecular weight excluding hydrogens is 218 g/mol. The molecule has 1 aromatic rings. The minimum Gasteiger partial charge on any atom is -0.409 e. The van der Waals surface area contributed by atoms with Crippen molar-refractivity contribution in [3.63, 3.8) is 0 Å². The molecule has 3 N–H and O–H groups in total. The van der Waals surface area contributed by atoms with E-state index in [0.29, 0.717) is 0 Å². The Kier molecular flexibility index (Phi) is 4.96. The Hall–Kier alpha value is -1.56. The van der Waals surface area contributed by atoms with Crippen molar-refractivity contribution in [2.45, 2.75) is 20.4 Å². The number of hydrogen-bond donors (Lipinski definition) is 2. The second-order valence-corrected chi connectivity index (χ2v) is 4.23. The van der Waals surface area contributed by atoms with Gasteiger partial charge in [0.15, 0.2) is 0 Å². The van der Waals surface area contributed by atoms with Gasteiger partial charge in [-0.25, -0.2) is 0 Å². The maximum absolute atomic E-state index is 8.61. The molecule has 1 rings (SSSR count). The van der Waals surface area contributed by atoms with Crippen molar-refractivity contribution in [1.82, 2.24) is 14.7 Å². The second kappa shape index (κ2) is 6.24. The zero-order valence-electron chi connectivity index (χ0n) is 10.7. The van der Waals surface area contributed by atoms with Gasteiger partial charge in [0, 0.05) is 32.3 Å². The predicted octanol–water partition coefficient (Wildman–Crippen LogP) is 0.624. The molecule has 6 heteroatoms. The Bertz CT molecular complexity index is 374. The van der Waals surface area contributed by atoms with Crippen LogP contribution in [0.4, 0.5) is 0 Å². The fourth-order valence-electron chi connectivity index (χ4n) is 1.66. The Labute approximate surface area is 102 Å². The lowest BCUT2D eigenvalue weighted by molar-refractivity contribution is 0.254. The number of aryl methyl sites for hydroxylation is 1. The summed E-state index contributed by atoms with van der Waals surface area (Å²) in [5, 5.41) is 16.0. The summed E-state index contributed by atoms with van der Waals surface area (Å²) < 4.78 is 1.79. The Morgan fingerprint density at radius 1 is 1.71 bits per heavy atom. The Morgan fingerprint density at radius 3 is 2.88 bits per heavy atom. The molecule has 0 aliphatic carbocycles. The summed E-state index contributed by atoms with van der Waals surface area (Å²) >= 11 is 0. The van der Waals surface area contributed by atoms with E-state index in [0.717, 1.165) is 25.3 Å². The molecule has 0 bridgehead atoms. The maximum atomic E-state index is 8.61. The SMILES string of the molecule is CCN(Cc1ccn(C)n1)CC(C)/C(N)=N/O. The second-order valence-electron chi connectivity index (χ2n) is 4.23. The largest absolute Gasteiger partial charge is 0.409 e. The quantitative estimate of drug-likeness (QED) is 0.330. The molecular formula is C11H21N5O. The first-order valence-electron chi connectivity index (χ1n) is 5.75. The highest BCUT2D eigenvalue weighted by Gasteiger charge is 2.13. The Balaban J connectivity index is 2.54. The molecule has 0 fully saturated rings. The van der Waals surface area contributed by atoms with Gasteiger partial charge in [0.2, 0.25) is 0 Å². The van der Waals surface area contributed by atoms with Crippen LogP contribution in [0.5, 0.6) is 0 Å². The van der Waals surface area contributed by atoms with E-state index in [9.17, 15) is 0 Å². The molecule has 1 unspecified atom stereocenters. The van der Waals surface area contributed by atoms with Crippen molar-refractivity contribution in [2.24, 2.45) is 23.9 Å². The molecule has 0 spiro atoms. The van der Waals surface area contributed by atoms with Crippen LogP contribution in [0.3, 0.4) is 0 Å². The predicted molar refractivity (Wildman–Crippen MR) is 66.7 cm³/mol. The highest BCUT2D eigenvalue weighted by atomic mass is 16.4. The summed E-state index contributed by atoms with van der Waals surface area (Å²) in [6, 6.07) is 2.00. The molecule has 0 radical (unpaired) electrons. The van der Waals surface area contributed by atoms with E-state index in [1.165, 1.54) is 0 Å². The fraction of sp³-hybridized carbons (Fsp3) is 0.636. The zero-order chi connectivity index (χ0) is 12.8. The lowest BCUT2D eigenvalue weighted by Gasteiger charge is -2.22. The first-order chi connectivity index (χ1) is 8.06. The van der Waals surface area contributed by atoms with Crippen molar-refractivity contribution in [1.29, 1.82) is 0 Å². The average molecular weight is 239 g/mol. The molecule has 1 atom stereocenters. The van der Waals surface area contributed by atoms with Crippen molar-refractivity contribution in [2.75, 3.05) is 13.1 Å². The molecule has 6 nitrogen and oxygen atoms in total. The average Bonchev–Trinajstić information content (AvgIpc) is 2.72. The number of nitrogens with zero attached hydrogens (tertiary/aromatic N) is 4. The van der Waals surface area contributed by atoms with Gasteiger partial charge in [0.25, 0.3) is 0 Å². The van der Waals surface area contributed by atoms with E-state index >= 15 is 0 Å². The van der Waals surface area contributed by atoms with Gasteiger partial charge >= 0.3 is 0 Å². The minimum atomic E-state index is 0.0312. The van der Waals surface area contributed by atoms with Crippen LogP contribution in [0.2, 0.25) is 0 Å². The minimum absolute atomic E-state index is 0.0312. The normalized spacial score (nSPS) is 14.2. The summed E-state index contributed by atoms with van der Waals surface area (Å²) in [5.74, 6) is 0.299. The van der Waals surface area contributed by atoms with E-state index < -0.39 is 0 Å². The molecule has 0 amide bonds. The molecule has 0 aliphatic rings. The summed E-state index contributed by atoms with van der Waals surface area (Å²) in [6.07, 6.45) is 1.93. The van der Waals surface area contributed by atoms with Gasteiger partial charge in [-0.2, -0.15) is 5.10 Å². The van der Waals surface area contributed by atoms with Crippen LogP contribution in [-0.4, -0.2) is 38.8 Å². The molecule has 1 heterocycles. The smallest absolute Gasteiger partial charge is 0.143 e. The third-order valence-electron chi connectivity index (χ3n) is 2.75. The zero-order valence-corrected chi connectivity index (χ0v) is 10.7. The number of amidine groups is 1. The summed E-state index contributed by atoms with van der Waals surface area (Å²) in [7, 11) is 1.90. The number of hydrogen-bond acceptors (Lipinski definition) is 4. The summed E-state index contributed by atoms with van der Waals surface area (Å²) in [5.41, 5.74) is 6.60. The lowest BCUT2D eigenvalue weighted by Crippen LogP contribution is -2.34. The molecule has 1 aromatic heterocycles. The van der Waals surface area contributed by atoms with Gasteiger partial charge < -0.3 is 10.9 Å². The maximum Gasteiger partial charge on any atom is 0.143 e. The van der Waals surface area contributed by atoms with E-state index in [1.54, 1.807) is 4.68 Å². The highest BCUT2D eigenvalue weighted by Crippen LogP contribution is 2.05. The van der Waals surface area contributed by atoms with Gasteiger partial charge in [0.05, 0.1) is 5.69 Å². The molecule has 0 aliphatic heterocycles. The molecule has 0 aromatic carbocycles. The number of aromatic nitrogens is 2. The van der Waals surface area contributed by atoms with Gasteiger partial charge in [-0.1, -0.05) is 19.0 Å². The van der Waals surface area contributed by atoms with Crippen molar-refractivity contribution >= 4 is 5.84 Å². The van der Waals surface area contributed by atoms with Gasteiger partial charge in [-0.05, 0) is 12.6 Å². The molecule has 96 valence electrons. The number of rotatable bonds is 6. The van der Waals surface area contributed by atoms with Crippen LogP contribution in [0, 0.1) is 5.92 Å². The first-order valence-corrected chi connectivity index (χ1v) is 5.75. The highest BCUT2D eigenvalue weighted by molar-refractivity contribution is 5.82. The van der Waals surface area contributed by atoms with Gasteiger partial charge in [0.1, 0.15) is 5.84 Å². The van der Waals surface area contributed by atoms with Crippen LogP contribution >= 0.6 is 0 Å². The van der Waals surface area contributed by atoms with Crippen LogP contribution in [0.15, 0.2) is 17.4 Å². The van der Waals surface area contributed by atoms with E-state index in [-0.39, 0.29) is 11.8 Å². The molecule has 0 saturated carbocycles. The Morgan fingerprint density at radius 2 is 2.41 bits per heavy atom. The van der Waals surface area contributed by atoms with Crippen LogP contribution in [0.1, 0.15) is 19.5 Å². The van der Waals surface area contributed by atoms with E-state index in [2.05, 4.69) is 22.1 Å². The van der Waals surface area contributed by atoms with Crippen molar-refractivity contribution in [3.05, 3.63) is 18.0 Å². The van der Waals surface area contributed by atoms with Crippen LogP contribution in [0.25, 0.3) is 0 Å². The monoisotopic (exact) mass is 239 g/mol. The topological polar surface area (TPSA) is 79.7 Å². The number of oxime groups is 1. The molecule has 0 saturated heterocycles. The lowest BCUT2D eigenvalue weighted by atomic mass is 10.1. The first kappa shape index (κ1) is 13.5. The van der Waals surface area contributed by atoms with Gasteiger partial charge in [-0.3, -0.25) is 9.58 Å². The third-order valence-corrected chi connectivity index (χ3v) is 2.75. The van der Waals surface area contributed by atoms with Gasteiger partial charge in [-0.15, -0.1) is 0 Å². The third kappa shape index (κ3) is 4.07. The van der Waals surface area contributed by atoms with Crippen molar-refractivity contribution < 1.29 is 5.21 Å². The van der Waals surface area contributed by atoms with Crippen LogP contribution in [-0.2, 0) is 13.6 Å². The summed E-state index contributed by atoms with van der Waals surface area (Å²) in [6.45, 7) is 6.46. The molecule has 17 heavy (non-hydrogen) atoms. The van der Waals surface area contributed by atoms with Crippen LogP contribution < -0.4 is 5.73 Å². The van der Waals surface area contributed by atoms with E-state index in [4.69, 9.17) is 10.9 Å². The number of nitrogens with two attached hydrogens (primary N) is 1. The van der Waals surface area contributed by atoms with Crippen molar-refractivity contribution in [3.8, 4) is 0 Å². The van der Waals surface area contributed by atoms with E-state index in [1.807, 2.05) is 26.2 Å².